The molecule has 0 saturated carbocycles. The van der Waals surface area contributed by atoms with E-state index in [-0.39, 0.29) is 22.3 Å². The van der Waals surface area contributed by atoms with E-state index in [0.717, 1.165) is 0 Å². The molecule has 5 heteroatoms. The molecule has 0 radical (unpaired) electrons. The Balaban J connectivity index is 2.79. The van der Waals surface area contributed by atoms with Gasteiger partial charge in [-0.25, -0.2) is 4.39 Å². The second kappa shape index (κ2) is 7.60. The van der Waals surface area contributed by atoms with E-state index in [9.17, 15) is 9.18 Å². The molecule has 0 aliphatic carbocycles. The zero-order chi connectivity index (χ0) is 14.4. The summed E-state index contributed by atoms with van der Waals surface area (Å²) in [5.74, 6) is -0.508. The summed E-state index contributed by atoms with van der Waals surface area (Å²) in [4.78, 5) is 12.1. The van der Waals surface area contributed by atoms with Crippen molar-refractivity contribution in [1.29, 1.82) is 0 Å². The first-order chi connectivity index (χ1) is 8.97. The number of carbonyl (C=O) groups is 1. The summed E-state index contributed by atoms with van der Waals surface area (Å²) < 4.78 is 18.9. The van der Waals surface area contributed by atoms with Crippen LogP contribution in [0.1, 0.15) is 31.1 Å². The molecule has 0 aliphatic heterocycles. The number of ether oxygens (including phenoxy) is 1. The molecule has 1 unspecified atom stereocenters. The Bertz CT molecular complexity index is 437. The standard InChI is InChI=1S/C14H19BrFNO2/c1-4-19-8-12(9(2)3)17-14(18)10-6-5-7-11(16)13(10)15/h5-7,9,12H,4,8H2,1-3H3,(H,17,18). The average molecular weight is 332 g/mol. The maximum absolute atomic E-state index is 13.4. The Hall–Kier alpha value is -0.940. The Labute approximate surface area is 121 Å². The fraction of sp³-hybridized carbons (Fsp3) is 0.500. The molecule has 0 aromatic heterocycles. The molecule has 1 aromatic rings. The molecule has 1 atom stereocenters. The fourth-order valence-corrected chi connectivity index (χ4v) is 2.02. The summed E-state index contributed by atoms with van der Waals surface area (Å²) in [5.41, 5.74) is 0.294. The molecule has 1 amide bonds. The largest absolute Gasteiger partial charge is 0.380 e. The van der Waals surface area contributed by atoms with E-state index in [1.807, 2.05) is 20.8 Å². The molecular formula is C14H19BrFNO2. The Morgan fingerprint density at radius 2 is 2.16 bits per heavy atom. The second-order valence-electron chi connectivity index (χ2n) is 4.58. The van der Waals surface area contributed by atoms with Crippen LogP contribution in [0.4, 0.5) is 4.39 Å². The van der Waals surface area contributed by atoms with Crippen molar-refractivity contribution >= 4 is 21.8 Å². The fourth-order valence-electron chi connectivity index (χ4n) is 1.57. The highest BCUT2D eigenvalue weighted by Crippen LogP contribution is 2.20. The molecule has 0 spiro atoms. The van der Waals surface area contributed by atoms with E-state index in [1.165, 1.54) is 12.1 Å². The highest BCUT2D eigenvalue weighted by atomic mass is 79.9. The van der Waals surface area contributed by atoms with Crippen LogP contribution in [0.3, 0.4) is 0 Å². The van der Waals surface area contributed by atoms with Crippen LogP contribution in [-0.4, -0.2) is 25.2 Å². The predicted octanol–water partition coefficient (Wildman–Crippen LogP) is 3.38. The van der Waals surface area contributed by atoms with Gasteiger partial charge in [0.2, 0.25) is 0 Å². The number of hydrogen-bond acceptors (Lipinski definition) is 2. The topological polar surface area (TPSA) is 38.3 Å². The van der Waals surface area contributed by atoms with Crippen molar-refractivity contribution in [2.45, 2.75) is 26.8 Å². The van der Waals surface area contributed by atoms with Crippen LogP contribution < -0.4 is 5.32 Å². The van der Waals surface area contributed by atoms with Crippen LogP contribution in [0.25, 0.3) is 0 Å². The summed E-state index contributed by atoms with van der Waals surface area (Å²) in [6.45, 7) is 6.97. The number of benzene rings is 1. The first-order valence-corrected chi connectivity index (χ1v) is 7.09. The molecule has 1 rings (SSSR count). The monoisotopic (exact) mass is 331 g/mol. The van der Waals surface area contributed by atoms with E-state index in [4.69, 9.17) is 4.74 Å². The Kier molecular flexibility index (Phi) is 6.45. The molecule has 3 nitrogen and oxygen atoms in total. The summed E-state index contributed by atoms with van der Waals surface area (Å²) in [5, 5.41) is 2.88. The molecule has 0 heterocycles. The van der Waals surface area contributed by atoms with Gasteiger partial charge in [0.25, 0.3) is 5.91 Å². The second-order valence-corrected chi connectivity index (χ2v) is 5.38. The number of rotatable bonds is 6. The van der Waals surface area contributed by atoms with Gasteiger partial charge in [0, 0.05) is 6.61 Å². The van der Waals surface area contributed by atoms with Crippen LogP contribution in [0.15, 0.2) is 22.7 Å². The van der Waals surface area contributed by atoms with Crippen molar-refractivity contribution in [3.63, 3.8) is 0 Å². The van der Waals surface area contributed by atoms with Gasteiger partial charge in [-0.05, 0) is 40.9 Å². The van der Waals surface area contributed by atoms with Gasteiger partial charge in [-0.2, -0.15) is 0 Å². The molecule has 1 N–H and O–H groups in total. The third-order valence-electron chi connectivity index (χ3n) is 2.82. The molecular weight excluding hydrogens is 313 g/mol. The Morgan fingerprint density at radius 3 is 2.74 bits per heavy atom. The van der Waals surface area contributed by atoms with Crippen molar-refractivity contribution in [1.82, 2.24) is 5.32 Å². The van der Waals surface area contributed by atoms with Crippen molar-refractivity contribution in [3.05, 3.63) is 34.1 Å². The van der Waals surface area contributed by atoms with Crippen molar-refractivity contribution in [3.8, 4) is 0 Å². The zero-order valence-electron chi connectivity index (χ0n) is 11.4. The molecule has 0 fully saturated rings. The molecule has 1 aromatic carbocycles. The zero-order valence-corrected chi connectivity index (χ0v) is 13.0. The van der Waals surface area contributed by atoms with Gasteiger partial charge in [-0.15, -0.1) is 0 Å². The summed E-state index contributed by atoms with van der Waals surface area (Å²) >= 11 is 3.09. The maximum Gasteiger partial charge on any atom is 0.252 e. The number of halogens is 2. The van der Waals surface area contributed by atoms with Gasteiger partial charge in [-0.1, -0.05) is 19.9 Å². The lowest BCUT2D eigenvalue weighted by Crippen LogP contribution is -2.42. The van der Waals surface area contributed by atoms with Crippen LogP contribution in [-0.2, 0) is 4.74 Å². The number of nitrogens with one attached hydrogen (secondary N) is 1. The number of carbonyl (C=O) groups excluding carboxylic acids is 1. The van der Waals surface area contributed by atoms with Crippen molar-refractivity contribution < 1.29 is 13.9 Å². The first kappa shape index (κ1) is 16.1. The SMILES string of the molecule is CCOCC(NC(=O)c1cccc(F)c1Br)C(C)C. The quantitative estimate of drug-likeness (QED) is 0.867. The van der Waals surface area contributed by atoms with E-state index in [1.54, 1.807) is 6.07 Å². The van der Waals surface area contributed by atoms with E-state index < -0.39 is 5.82 Å². The van der Waals surface area contributed by atoms with Gasteiger partial charge < -0.3 is 10.1 Å². The van der Waals surface area contributed by atoms with Crippen LogP contribution in [0.2, 0.25) is 0 Å². The van der Waals surface area contributed by atoms with Crippen molar-refractivity contribution in [2.24, 2.45) is 5.92 Å². The van der Waals surface area contributed by atoms with Crippen LogP contribution >= 0.6 is 15.9 Å². The smallest absolute Gasteiger partial charge is 0.252 e. The number of hydrogen-bond donors (Lipinski definition) is 1. The van der Waals surface area contributed by atoms with E-state index in [0.29, 0.717) is 18.8 Å². The van der Waals surface area contributed by atoms with Crippen molar-refractivity contribution in [2.75, 3.05) is 13.2 Å². The van der Waals surface area contributed by atoms with E-state index >= 15 is 0 Å². The Morgan fingerprint density at radius 1 is 1.47 bits per heavy atom. The van der Waals surface area contributed by atoms with Gasteiger partial charge in [0.15, 0.2) is 0 Å². The van der Waals surface area contributed by atoms with E-state index in [2.05, 4.69) is 21.2 Å². The molecule has 106 valence electrons. The lowest BCUT2D eigenvalue weighted by Gasteiger charge is -2.22. The summed E-state index contributed by atoms with van der Waals surface area (Å²) in [6.07, 6.45) is 0. The molecule has 0 bridgehead atoms. The third-order valence-corrected chi connectivity index (χ3v) is 3.62. The lowest BCUT2D eigenvalue weighted by molar-refractivity contribution is 0.0805. The minimum atomic E-state index is -0.446. The highest BCUT2D eigenvalue weighted by molar-refractivity contribution is 9.10. The normalized spacial score (nSPS) is 12.5. The lowest BCUT2D eigenvalue weighted by atomic mass is 10.0. The minimum absolute atomic E-state index is 0.0948. The predicted molar refractivity (Wildman–Crippen MR) is 76.7 cm³/mol. The summed E-state index contributed by atoms with van der Waals surface area (Å²) in [7, 11) is 0. The van der Waals surface area contributed by atoms with Crippen LogP contribution in [0, 0.1) is 11.7 Å². The van der Waals surface area contributed by atoms with Gasteiger partial charge in [-0.3, -0.25) is 4.79 Å². The van der Waals surface area contributed by atoms with Gasteiger partial charge in [0.05, 0.1) is 22.7 Å². The number of amides is 1. The molecule has 0 saturated heterocycles. The minimum Gasteiger partial charge on any atom is -0.380 e. The average Bonchev–Trinajstić information content (AvgIpc) is 2.37. The first-order valence-electron chi connectivity index (χ1n) is 6.30. The van der Waals surface area contributed by atoms with Gasteiger partial charge >= 0.3 is 0 Å². The van der Waals surface area contributed by atoms with Gasteiger partial charge in [0.1, 0.15) is 5.82 Å². The summed E-state index contributed by atoms with van der Waals surface area (Å²) in [6, 6.07) is 4.31. The molecule has 0 aliphatic rings. The maximum atomic E-state index is 13.4. The highest BCUT2D eigenvalue weighted by Gasteiger charge is 2.19. The third kappa shape index (κ3) is 4.58. The molecule has 19 heavy (non-hydrogen) atoms. The van der Waals surface area contributed by atoms with Crippen LogP contribution in [0.5, 0.6) is 0 Å².